The van der Waals surface area contributed by atoms with Gasteiger partial charge in [-0.3, -0.25) is 0 Å². The Bertz CT molecular complexity index is 478. The minimum absolute atomic E-state index is 0.0607. The quantitative estimate of drug-likeness (QED) is 0.739. The molecule has 0 heterocycles. The number of nitrogen functional groups attached to an aromatic ring is 2. The molecule has 1 aromatic rings. The van der Waals surface area contributed by atoms with Crippen molar-refractivity contribution in [1.82, 2.24) is 0 Å². The second-order valence-corrected chi connectivity index (χ2v) is 5.79. The second-order valence-electron chi connectivity index (χ2n) is 5.41. The van der Waals surface area contributed by atoms with Crippen LogP contribution in [0.1, 0.15) is 33.1 Å². The zero-order valence-corrected chi connectivity index (χ0v) is 12.1. The Morgan fingerprint density at radius 2 is 2.05 bits per heavy atom. The number of halogens is 2. The van der Waals surface area contributed by atoms with Gasteiger partial charge in [-0.2, -0.15) is 0 Å². The molecule has 0 aromatic heterocycles. The number of anilines is 3. The fourth-order valence-electron chi connectivity index (χ4n) is 3.03. The molecule has 1 aliphatic rings. The number of benzene rings is 1. The summed E-state index contributed by atoms with van der Waals surface area (Å²) in [7, 11) is 0. The molecular formula is C14H21ClFN3. The summed E-state index contributed by atoms with van der Waals surface area (Å²) < 4.78 is 14.1. The number of nitrogens with two attached hydrogens (primary N) is 2. The highest BCUT2D eigenvalue weighted by Gasteiger charge is 2.32. The molecular weight excluding hydrogens is 265 g/mol. The van der Waals surface area contributed by atoms with Crippen LogP contribution in [-0.2, 0) is 0 Å². The van der Waals surface area contributed by atoms with Gasteiger partial charge >= 0.3 is 0 Å². The van der Waals surface area contributed by atoms with Crippen LogP contribution in [0, 0.1) is 17.7 Å². The van der Waals surface area contributed by atoms with Gasteiger partial charge in [-0.25, -0.2) is 4.39 Å². The predicted molar refractivity (Wildman–Crippen MR) is 79.8 cm³/mol. The van der Waals surface area contributed by atoms with Gasteiger partial charge in [0, 0.05) is 6.04 Å². The number of hydrogen-bond acceptors (Lipinski definition) is 3. The van der Waals surface area contributed by atoms with E-state index in [1.807, 2.05) is 0 Å². The Morgan fingerprint density at radius 3 is 2.63 bits per heavy atom. The molecule has 1 fully saturated rings. The van der Waals surface area contributed by atoms with E-state index in [4.69, 9.17) is 23.1 Å². The monoisotopic (exact) mass is 285 g/mol. The largest absolute Gasteiger partial charge is 0.397 e. The molecule has 3 nitrogen and oxygen atoms in total. The van der Waals surface area contributed by atoms with E-state index in [1.165, 1.54) is 12.5 Å². The highest BCUT2D eigenvalue weighted by Crippen LogP contribution is 2.39. The van der Waals surface area contributed by atoms with Crippen molar-refractivity contribution < 1.29 is 4.39 Å². The maximum absolute atomic E-state index is 14.1. The Labute approximate surface area is 118 Å². The van der Waals surface area contributed by atoms with E-state index >= 15 is 0 Å². The standard InChI is InChI=1S/C14H21ClFN3/c1-3-8-4-5-11(7(8)2)19-14-10(18)6-9(17)12(15)13(14)16/h6-8,11,19H,3-5,17-18H2,1-2H3. The van der Waals surface area contributed by atoms with Crippen LogP contribution in [0.25, 0.3) is 0 Å². The number of nitrogens with one attached hydrogen (secondary N) is 1. The molecule has 2 rings (SSSR count). The van der Waals surface area contributed by atoms with Crippen LogP contribution in [0.3, 0.4) is 0 Å². The molecule has 1 aliphatic carbocycles. The van der Waals surface area contributed by atoms with E-state index in [2.05, 4.69) is 19.2 Å². The van der Waals surface area contributed by atoms with Crippen LogP contribution in [-0.4, -0.2) is 6.04 Å². The van der Waals surface area contributed by atoms with Gasteiger partial charge in [0.25, 0.3) is 0 Å². The molecule has 5 N–H and O–H groups in total. The predicted octanol–water partition coefficient (Wildman–Crippen LogP) is 3.88. The summed E-state index contributed by atoms with van der Waals surface area (Å²) in [5.74, 6) is 0.637. The van der Waals surface area contributed by atoms with Crippen LogP contribution in [0.2, 0.25) is 5.02 Å². The van der Waals surface area contributed by atoms with Gasteiger partial charge in [0.1, 0.15) is 5.02 Å². The van der Waals surface area contributed by atoms with E-state index in [-0.39, 0.29) is 22.4 Å². The molecule has 5 heteroatoms. The molecule has 19 heavy (non-hydrogen) atoms. The van der Waals surface area contributed by atoms with Gasteiger partial charge in [-0.15, -0.1) is 0 Å². The average Bonchev–Trinajstić information content (AvgIpc) is 2.73. The molecule has 1 saturated carbocycles. The maximum Gasteiger partial charge on any atom is 0.169 e. The van der Waals surface area contributed by atoms with Crippen LogP contribution in [0.4, 0.5) is 21.5 Å². The van der Waals surface area contributed by atoms with Crippen molar-refractivity contribution >= 4 is 28.7 Å². The molecule has 1 aromatic carbocycles. The van der Waals surface area contributed by atoms with Crippen molar-refractivity contribution in [2.75, 3.05) is 16.8 Å². The maximum atomic E-state index is 14.1. The molecule has 106 valence electrons. The normalized spacial score (nSPS) is 26.6. The van der Waals surface area contributed by atoms with Crippen molar-refractivity contribution in [3.63, 3.8) is 0 Å². The smallest absolute Gasteiger partial charge is 0.169 e. The first-order chi connectivity index (χ1) is 8.95. The first kappa shape index (κ1) is 14.3. The third-order valence-electron chi connectivity index (χ3n) is 4.35. The highest BCUT2D eigenvalue weighted by atomic mass is 35.5. The zero-order valence-electron chi connectivity index (χ0n) is 11.3. The van der Waals surface area contributed by atoms with Gasteiger partial charge in [0.2, 0.25) is 0 Å². The summed E-state index contributed by atoms with van der Waals surface area (Å²) in [6.45, 7) is 4.39. The van der Waals surface area contributed by atoms with E-state index < -0.39 is 5.82 Å². The minimum atomic E-state index is -0.550. The van der Waals surface area contributed by atoms with Crippen molar-refractivity contribution in [1.29, 1.82) is 0 Å². The topological polar surface area (TPSA) is 64.1 Å². The Kier molecular flexibility index (Phi) is 4.09. The average molecular weight is 286 g/mol. The van der Waals surface area contributed by atoms with E-state index in [0.717, 1.165) is 12.8 Å². The minimum Gasteiger partial charge on any atom is -0.397 e. The lowest BCUT2D eigenvalue weighted by Crippen LogP contribution is -2.25. The summed E-state index contributed by atoms with van der Waals surface area (Å²) in [5.41, 5.74) is 12.2. The number of rotatable bonds is 3. The van der Waals surface area contributed by atoms with E-state index in [1.54, 1.807) is 0 Å². The van der Waals surface area contributed by atoms with Crippen molar-refractivity contribution in [2.24, 2.45) is 11.8 Å². The fourth-order valence-corrected chi connectivity index (χ4v) is 3.17. The van der Waals surface area contributed by atoms with Crippen LogP contribution in [0.5, 0.6) is 0 Å². The second kappa shape index (κ2) is 5.45. The summed E-state index contributed by atoms with van der Waals surface area (Å²) in [4.78, 5) is 0. The number of hydrogen-bond donors (Lipinski definition) is 3. The molecule has 3 unspecified atom stereocenters. The summed E-state index contributed by atoms with van der Waals surface area (Å²) >= 11 is 5.84. The third kappa shape index (κ3) is 2.59. The van der Waals surface area contributed by atoms with Crippen LogP contribution >= 0.6 is 11.6 Å². The first-order valence-corrected chi connectivity index (χ1v) is 7.13. The van der Waals surface area contributed by atoms with E-state index in [9.17, 15) is 4.39 Å². The highest BCUT2D eigenvalue weighted by molar-refractivity contribution is 6.33. The van der Waals surface area contributed by atoms with Gasteiger partial charge < -0.3 is 16.8 Å². The Balaban J connectivity index is 2.23. The van der Waals surface area contributed by atoms with Crippen molar-refractivity contribution in [3.05, 3.63) is 16.9 Å². The lowest BCUT2D eigenvalue weighted by Gasteiger charge is -2.23. The van der Waals surface area contributed by atoms with Crippen LogP contribution < -0.4 is 16.8 Å². The lowest BCUT2D eigenvalue weighted by atomic mass is 9.93. The lowest BCUT2D eigenvalue weighted by molar-refractivity contribution is 0.391. The molecule has 0 radical (unpaired) electrons. The molecule has 3 atom stereocenters. The summed E-state index contributed by atoms with van der Waals surface area (Å²) in [5, 5.41) is 3.16. The zero-order chi connectivity index (χ0) is 14.2. The molecule has 0 bridgehead atoms. The van der Waals surface area contributed by atoms with E-state index in [0.29, 0.717) is 17.5 Å². The molecule has 0 spiro atoms. The summed E-state index contributed by atoms with van der Waals surface area (Å²) in [6.07, 6.45) is 3.35. The molecule has 0 aliphatic heterocycles. The van der Waals surface area contributed by atoms with Crippen molar-refractivity contribution in [3.8, 4) is 0 Å². The first-order valence-electron chi connectivity index (χ1n) is 6.75. The van der Waals surface area contributed by atoms with Crippen molar-refractivity contribution in [2.45, 2.75) is 39.2 Å². The van der Waals surface area contributed by atoms with Gasteiger partial charge in [-0.1, -0.05) is 31.9 Å². The SMILES string of the molecule is CCC1CCC(Nc2c(N)cc(N)c(Cl)c2F)C1C. The van der Waals surface area contributed by atoms with Crippen LogP contribution in [0.15, 0.2) is 6.07 Å². The van der Waals surface area contributed by atoms with Gasteiger partial charge in [0.15, 0.2) is 5.82 Å². The summed E-state index contributed by atoms with van der Waals surface area (Å²) in [6, 6.07) is 1.74. The molecule has 0 saturated heterocycles. The molecule has 0 amide bonds. The fraction of sp³-hybridized carbons (Fsp3) is 0.571. The Hall–Kier alpha value is -1.16. The van der Waals surface area contributed by atoms with Gasteiger partial charge in [-0.05, 0) is 30.7 Å². The Morgan fingerprint density at radius 1 is 1.37 bits per heavy atom. The van der Waals surface area contributed by atoms with Gasteiger partial charge in [0.05, 0.1) is 17.1 Å². The third-order valence-corrected chi connectivity index (χ3v) is 4.73.